The average molecular weight is 567 g/mol. The van der Waals surface area contributed by atoms with Gasteiger partial charge in [-0.1, -0.05) is 12.1 Å². The number of nitrogens with two attached hydrogens (primary N) is 1. The fourth-order valence-electron chi connectivity index (χ4n) is 4.61. The maximum Gasteiger partial charge on any atom is 0.295 e. The van der Waals surface area contributed by atoms with Crippen LogP contribution < -0.4 is 19.3 Å². The van der Waals surface area contributed by atoms with E-state index in [0.717, 1.165) is 5.56 Å². The van der Waals surface area contributed by atoms with Crippen molar-refractivity contribution in [1.82, 2.24) is 4.90 Å². The van der Waals surface area contributed by atoms with Gasteiger partial charge in [0.2, 0.25) is 10.0 Å². The number of aliphatic hydroxyl groups excluding tert-OH is 1. The van der Waals surface area contributed by atoms with Crippen LogP contribution in [0.25, 0.3) is 5.76 Å². The van der Waals surface area contributed by atoms with Crippen LogP contribution in [0.5, 0.6) is 17.2 Å². The lowest BCUT2D eigenvalue weighted by molar-refractivity contribution is -0.139. The summed E-state index contributed by atoms with van der Waals surface area (Å²) in [4.78, 5) is 28.1. The van der Waals surface area contributed by atoms with Crippen LogP contribution >= 0.6 is 0 Å². The van der Waals surface area contributed by atoms with Crippen molar-refractivity contribution in [2.24, 2.45) is 5.14 Å². The van der Waals surface area contributed by atoms with E-state index in [1.54, 1.807) is 54.6 Å². The molecule has 0 spiro atoms. The molecule has 1 fully saturated rings. The largest absolute Gasteiger partial charge is 0.507 e. The fraction of sp³-hybridized carbons (Fsp3) is 0.241. The van der Waals surface area contributed by atoms with Gasteiger partial charge >= 0.3 is 0 Å². The number of primary sulfonamides is 1. The molecule has 1 atom stereocenters. The lowest BCUT2D eigenvalue weighted by Gasteiger charge is -2.27. The number of carbonyl (C=O) groups is 2. The zero-order valence-electron chi connectivity index (χ0n) is 22.3. The minimum absolute atomic E-state index is 0.0341. The van der Waals surface area contributed by atoms with Crippen LogP contribution in [0.3, 0.4) is 0 Å². The van der Waals surface area contributed by atoms with Gasteiger partial charge in [0, 0.05) is 17.7 Å². The van der Waals surface area contributed by atoms with Crippen molar-refractivity contribution >= 4 is 27.5 Å². The van der Waals surface area contributed by atoms with Gasteiger partial charge < -0.3 is 24.2 Å². The van der Waals surface area contributed by atoms with Crippen molar-refractivity contribution in [1.29, 1.82) is 0 Å². The zero-order chi connectivity index (χ0) is 29.0. The molecule has 40 heavy (non-hydrogen) atoms. The summed E-state index contributed by atoms with van der Waals surface area (Å²) in [6, 6.07) is 16.5. The van der Waals surface area contributed by atoms with E-state index < -0.39 is 27.8 Å². The molecule has 11 heteroatoms. The van der Waals surface area contributed by atoms with Gasteiger partial charge in [0.1, 0.15) is 23.0 Å². The SMILES string of the molecule is CCOc1ccc(C(O)=C2C(=O)C(=O)N(CCc3ccc(S(N)(=O)=O)cc3)[C@H]2c2cc(OC)ccc2OC)cc1. The van der Waals surface area contributed by atoms with Crippen molar-refractivity contribution < 1.29 is 37.3 Å². The topological polar surface area (TPSA) is 145 Å². The fourth-order valence-corrected chi connectivity index (χ4v) is 5.13. The van der Waals surface area contributed by atoms with Crippen molar-refractivity contribution in [3.8, 4) is 17.2 Å². The highest BCUT2D eigenvalue weighted by Crippen LogP contribution is 2.44. The quantitative estimate of drug-likeness (QED) is 0.216. The maximum absolute atomic E-state index is 13.4. The van der Waals surface area contributed by atoms with Crippen LogP contribution in [0.2, 0.25) is 0 Å². The monoisotopic (exact) mass is 566 g/mol. The molecule has 0 aromatic heterocycles. The summed E-state index contributed by atoms with van der Waals surface area (Å²) in [5, 5.41) is 16.5. The van der Waals surface area contributed by atoms with E-state index in [0.29, 0.717) is 41.4 Å². The number of methoxy groups -OCH3 is 2. The highest BCUT2D eigenvalue weighted by atomic mass is 32.2. The Morgan fingerprint density at radius 3 is 2.17 bits per heavy atom. The second kappa shape index (κ2) is 11.8. The molecule has 3 N–H and O–H groups in total. The lowest BCUT2D eigenvalue weighted by atomic mass is 9.94. The molecule has 1 saturated heterocycles. The number of carbonyl (C=O) groups excluding carboxylic acids is 2. The highest BCUT2D eigenvalue weighted by Gasteiger charge is 2.47. The molecule has 10 nitrogen and oxygen atoms in total. The second-order valence-electron chi connectivity index (χ2n) is 9.00. The summed E-state index contributed by atoms with van der Waals surface area (Å²) < 4.78 is 39.6. The number of Topliss-reactive ketones (excluding diaryl/α,β-unsaturated/α-hetero) is 1. The lowest BCUT2D eigenvalue weighted by Crippen LogP contribution is -2.32. The number of rotatable bonds is 10. The molecule has 1 heterocycles. The molecule has 1 amide bonds. The molecule has 0 saturated carbocycles. The second-order valence-corrected chi connectivity index (χ2v) is 10.6. The van der Waals surface area contributed by atoms with Crippen LogP contribution in [0, 0.1) is 0 Å². The third-order valence-electron chi connectivity index (χ3n) is 6.60. The molecule has 0 bridgehead atoms. The van der Waals surface area contributed by atoms with Gasteiger partial charge in [-0.25, -0.2) is 13.6 Å². The highest BCUT2D eigenvalue weighted by molar-refractivity contribution is 7.89. The van der Waals surface area contributed by atoms with Gasteiger partial charge in [0.05, 0.1) is 37.3 Å². The van der Waals surface area contributed by atoms with Crippen LogP contribution in [0.15, 0.2) is 77.2 Å². The molecular weight excluding hydrogens is 536 g/mol. The number of ether oxygens (including phenoxy) is 3. The average Bonchev–Trinajstić information content (AvgIpc) is 3.20. The van der Waals surface area contributed by atoms with Crippen LogP contribution in [0.1, 0.15) is 29.7 Å². The molecule has 3 aromatic rings. The smallest absolute Gasteiger partial charge is 0.295 e. The molecule has 4 rings (SSSR count). The number of hydrogen-bond donors (Lipinski definition) is 2. The molecule has 1 aliphatic rings. The first kappa shape index (κ1) is 28.7. The molecule has 1 aliphatic heterocycles. The Labute approximate surface area is 232 Å². The third kappa shape index (κ3) is 5.80. The summed E-state index contributed by atoms with van der Waals surface area (Å²) in [7, 11) is -0.888. The molecule has 210 valence electrons. The number of amides is 1. The van der Waals surface area contributed by atoms with Gasteiger partial charge in [0.15, 0.2) is 0 Å². The van der Waals surface area contributed by atoms with E-state index in [1.165, 1.54) is 31.3 Å². The number of likely N-dealkylation sites (tertiary alicyclic amines) is 1. The van der Waals surface area contributed by atoms with E-state index in [4.69, 9.17) is 19.3 Å². The summed E-state index contributed by atoms with van der Waals surface area (Å²) in [5.41, 5.74) is 1.42. The van der Waals surface area contributed by atoms with E-state index in [-0.39, 0.29) is 22.8 Å². The van der Waals surface area contributed by atoms with Gasteiger partial charge in [0.25, 0.3) is 11.7 Å². The van der Waals surface area contributed by atoms with E-state index in [1.807, 2.05) is 6.92 Å². The van der Waals surface area contributed by atoms with Gasteiger partial charge in [-0.3, -0.25) is 9.59 Å². The number of sulfonamides is 1. The maximum atomic E-state index is 13.4. The van der Waals surface area contributed by atoms with Crippen molar-refractivity contribution in [3.05, 3.63) is 89.0 Å². The Bertz CT molecular complexity index is 1550. The zero-order valence-corrected chi connectivity index (χ0v) is 23.1. The first-order valence-corrected chi connectivity index (χ1v) is 14.0. The Morgan fingerprint density at radius 1 is 0.950 bits per heavy atom. The number of hydrogen-bond acceptors (Lipinski definition) is 8. The first-order chi connectivity index (χ1) is 19.1. The van der Waals surface area contributed by atoms with Gasteiger partial charge in [-0.2, -0.15) is 0 Å². The van der Waals surface area contributed by atoms with Crippen molar-refractivity contribution in [2.45, 2.75) is 24.3 Å². The summed E-state index contributed by atoms with van der Waals surface area (Å²) >= 11 is 0. The Kier molecular flexibility index (Phi) is 8.46. The van der Waals surface area contributed by atoms with E-state index in [2.05, 4.69) is 0 Å². The normalized spacial score (nSPS) is 16.7. The minimum atomic E-state index is -3.85. The predicted octanol–water partition coefficient (Wildman–Crippen LogP) is 3.41. The molecule has 0 aliphatic carbocycles. The number of benzene rings is 3. The van der Waals surface area contributed by atoms with E-state index in [9.17, 15) is 23.1 Å². The Morgan fingerprint density at radius 2 is 1.60 bits per heavy atom. The summed E-state index contributed by atoms with van der Waals surface area (Å²) in [5.74, 6) is -0.501. The van der Waals surface area contributed by atoms with Crippen molar-refractivity contribution in [3.63, 3.8) is 0 Å². The number of nitrogens with zero attached hydrogens (tertiary/aromatic N) is 1. The predicted molar refractivity (Wildman–Crippen MR) is 148 cm³/mol. The Balaban J connectivity index is 1.79. The van der Waals surface area contributed by atoms with Crippen LogP contribution in [-0.2, 0) is 26.0 Å². The minimum Gasteiger partial charge on any atom is -0.507 e. The molecule has 3 aromatic carbocycles. The van der Waals surface area contributed by atoms with Crippen LogP contribution in [-0.4, -0.2) is 57.5 Å². The van der Waals surface area contributed by atoms with E-state index >= 15 is 0 Å². The van der Waals surface area contributed by atoms with Crippen molar-refractivity contribution in [2.75, 3.05) is 27.4 Å². The Hall–Kier alpha value is -4.35. The van der Waals surface area contributed by atoms with Gasteiger partial charge in [-0.05, 0) is 73.5 Å². The molecule has 0 unspecified atom stereocenters. The van der Waals surface area contributed by atoms with Crippen LogP contribution in [0.4, 0.5) is 0 Å². The number of aliphatic hydroxyl groups is 1. The summed E-state index contributed by atoms with van der Waals surface area (Å²) in [6.45, 7) is 2.41. The first-order valence-electron chi connectivity index (χ1n) is 12.4. The molecular formula is C29H30N2O8S. The molecule has 0 radical (unpaired) electrons. The third-order valence-corrected chi connectivity index (χ3v) is 7.53. The van der Waals surface area contributed by atoms with Gasteiger partial charge in [-0.15, -0.1) is 0 Å². The number of ketones is 1. The standard InChI is InChI=1S/C29H30N2O8S/c1-4-39-20-9-7-19(8-10-20)27(32)25-26(23-17-21(37-2)11-14-24(23)38-3)31(29(34)28(25)33)16-15-18-5-12-22(13-6-18)40(30,35)36/h5-14,17,26,32H,4,15-16H2,1-3H3,(H2,30,35,36)/t26-/m0/s1. The summed E-state index contributed by atoms with van der Waals surface area (Å²) in [6.07, 6.45) is 0.295.